The number of hydrogen-bond donors (Lipinski definition) is 0. The van der Waals surface area contributed by atoms with E-state index >= 15 is 0 Å². The van der Waals surface area contributed by atoms with Gasteiger partial charge >= 0.3 is 5.97 Å². The highest BCUT2D eigenvalue weighted by Crippen LogP contribution is 2.44. The minimum atomic E-state index is -0.457. The molecule has 5 heterocycles. The van der Waals surface area contributed by atoms with Crippen LogP contribution in [0.4, 0.5) is 0 Å². The van der Waals surface area contributed by atoms with Gasteiger partial charge in [0.25, 0.3) is 5.91 Å². The fourth-order valence-corrected chi connectivity index (χ4v) is 8.25. The number of amides is 1. The number of aromatic nitrogens is 5. The molecule has 2 aromatic carbocycles. The van der Waals surface area contributed by atoms with E-state index in [1.54, 1.807) is 13.2 Å². The Morgan fingerprint density at radius 2 is 1.71 bits per heavy atom. The van der Waals surface area contributed by atoms with E-state index in [1.165, 1.54) is 26.4 Å². The van der Waals surface area contributed by atoms with Crippen LogP contribution in [0.25, 0.3) is 55.7 Å². The first-order chi connectivity index (χ1) is 23.8. The average Bonchev–Trinajstić information content (AvgIpc) is 3.53. The molecule has 10 nitrogen and oxygen atoms in total. The number of aryl methyl sites for hydroxylation is 1. The van der Waals surface area contributed by atoms with Crippen LogP contribution in [0.15, 0.2) is 60.7 Å². The Morgan fingerprint density at radius 3 is 2.45 bits per heavy atom. The average molecular weight is 655 g/mol. The first-order valence-electron chi connectivity index (χ1n) is 17.2. The maximum absolute atomic E-state index is 13.8. The Bertz CT molecular complexity index is 2340. The highest BCUT2D eigenvalue weighted by Gasteiger charge is 2.46. The Labute approximate surface area is 283 Å². The number of nitrogens with zero attached hydrogens (tertiary/aromatic N) is 6. The van der Waals surface area contributed by atoms with E-state index in [-0.39, 0.29) is 11.6 Å². The number of carbonyl (C=O) groups excluding carboxylic acids is 2. The first kappa shape index (κ1) is 29.9. The maximum Gasteiger partial charge on any atom is 0.356 e. The van der Waals surface area contributed by atoms with Crippen LogP contribution in [0.3, 0.4) is 0 Å². The Morgan fingerprint density at radius 1 is 0.878 bits per heavy atom. The third-order valence-corrected chi connectivity index (χ3v) is 11.2. The van der Waals surface area contributed by atoms with E-state index in [0.717, 1.165) is 75.3 Å². The number of fused-ring (bicyclic) bond motifs is 5. The van der Waals surface area contributed by atoms with Crippen molar-refractivity contribution in [1.29, 1.82) is 0 Å². The zero-order valence-corrected chi connectivity index (χ0v) is 28.1. The van der Waals surface area contributed by atoms with Gasteiger partial charge in [0.1, 0.15) is 22.6 Å². The molecule has 10 heteroatoms. The van der Waals surface area contributed by atoms with Crippen LogP contribution < -0.4 is 4.74 Å². The summed E-state index contributed by atoms with van der Waals surface area (Å²) >= 11 is 0. The van der Waals surface area contributed by atoms with Gasteiger partial charge in [0, 0.05) is 48.1 Å². The molecule has 1 aliphatic heterocycles. The number of ether oxygens (including phenoxy) is 2. The van der Waals surface area contributed by atoms with Gasteiger partial charge in [-0.15, -0.1) is 0 Å². The minimum absolute atomic E-state index is 0.0689. The second-order valence-electron chi connectivity index (χ2n) is 14.1. The Hall–Kier alpha value is -5.25. The summed E-state index contributed by atoms with van der Waals surface area (Å²) in [5, 5.41) is 1.96. The predicted octanol–water partition coefficient (Wildman–Crippen LogP) is 6.88. The number of piperidine rings is 1. The molecule has 9 rings (SSSR count). The molecule has 3 aliphatic rings. The normalized spacial score (nSPS) is 20.2. The molecule has 0 N–H and O–H groups in total. The number of carbonyl (C=O) groups is 2. The van der Waals surface area contributed by atoms with E-state index in [1.807, 2.05) is 43.4 Å². The van der Waals surface area contributed by atoms with Gasteiger partial charge in [-0.05, 0) is 92.0 Å². The number of rotatable bonds is 7. The summed E-state index contributed by atoms with van der Waals surface area (Å²) in [5.74, 6) is 2.82. The van der Waals surface area contributed by atoms with Gasteiger partial charge in [-0.25, -0.2) is 19.7 Å². The van der Waals surface area contributed by atoms with Crippen LogP contribution in [0.2, 0.25) is 0 Å². The second kappa shape index (κ2) is 11.1. The van der Waals surface area contributed by atoms with E-state index < -0.39 is 5.97 Å². The molecule has 0 radical (unpaired) electrons. The smallest absolute Gasteiger partial charge is 0.356 e. The number of benzene rings is 2. The van der Waals surface area contributed by atoms with Crippen LogP contribution in [0.1, 0.15) is 53.5 Å². The van der Waals surface area contributed by atoms with Crippen molar-refractivity contribution in [2.24, 2.45) is 24.8 Å². The zero-order valence-electron chi connectivity index (χ0n) is 28.1. The van der Waals surface area contributed by atoms with Gasteiger partial charge in [0.2, 0.25) is 0 Å². The third-order valence-electron chi connectivity index (χ3n) is 11.2. The van der Waals surface area contributed by atoms with Crippen LogP contribution >= 0.6 is 0 Å². The quantitative estimate of drug-likeness (QED) is 0.173. The summed E-state index contributed by atoms with van der Waals surface area (Å²) in [4.78, 5) is 42.8. The number of methoxy groups -OCH3 is 2. The van der Waals surface area contributed by atoms with Gasteiger partial charge in [0.15, 0.2) is 5.82 Å². The van der Waals surface area contributed by atoms with Crippen molar-refractivity contribution in [3.05, 3.63) is 71.9 Å². The molecule has 4 aromatic heterocycles. The fourth-order valence-electron chi connectivity index (χ4n) is 8.25. The van der Waals surface area contributed by atoms with Gasteiger partial charge in [-0.3, -0.25) is 4.79 Å². The Kier molecular flexibility index (Phi) is 6.79. The maximum atomic E-state index is 13.8. The lowest BCUT2D eigenvalue weighted by molar-refractivity contribution is 0.0594. The number of likely N-dealkylation sites (tertiary alicyclic amines) is 1. The topological polar surface area (TPSA) is 104 Å². The van der Waals surface area contributed by atoms with Crippen LogP contribution in [0, 0.1) is 17.8 Å². The third kappa shape index (κ3) is 4.79. The lowest BCUT2D eigenvalue weighted by Gasteiger charge is -2.27. The van der Waals surface area contributed by atoms with Gasteiger partial charge in [-0.1, -0.05) is 19.1 Å². The van der Waals surface area contributed by atoms with Crippen molar-refractivity contribution in [3.63, 3.8) is 0 Å². The summed E-state index contributed by atoms with van der Waals surface area (Å²) < 4.78 is 15.1. The van der Waals surface area contributed by atoms with Gasteiger partial charge in [-0.2, -0.15) is 0 Å². The molecule has 3 atom stereocenters. The lowest BCUT2D eigenvalue weighted by Crippen LogP contribution is -2.38. The molecular weight excluding hydrogens is 616 g/mol. The number of hydrogen-bond acceptors (Lipinski definition) is 7. The highest BCUT2D eigenvalue weighted by atomic mass is 16.5. The van der Waals surface area contributed by atoms with Crippen molar-refractivity contribution < 1.29 is 19.1 Å². The first-order valence-corrected chi connectivity index (χ1v) is 17.2. The molecule has 49 heavy (non-hydrogen) atoms. The SMILES string of the molecule is COC(=O)c1ccc2cc(-c3ccc4cc(-c5nc6cc(C(=O)N7CC8CCC7C8C)cc(OC)c6n5C)n(CC5CC5)c4n3)ccc2n1. The summed E-state index contributed by atoms with van der Waals surface area (Å²) in [6.45, 7) is 3.97. The molecule has 2 saturated carbocycles. The van der Waals surface area contributed by atoms with E-state index in [9.17, 15) is 9.59 Å². The van der Waals surface area contributed by atoms with Crippen LogP contribution in [-0.2, 0) is 18.3 Å². The molecule has 1 amide bonds. The zero-order chi connectivity index (χ0) is 33.6. The van der Waals surface area contributed by atoms with Crippen molar-refractivity contribution in [3.8, 4) is 28.5 Å². The number of esters is 1. The van der Waals surface area contributed by atoms with Crippen molar-refractivity contribution in [1.82, 2.24) is 29.0 Å². The summed E-state index contributed by atoms with van der Waals surface area (Å²) in [5.41, 5.74) is 6.96. The number of pyridine rings is 2. The predicted molar refractivity (Wildman–Crippen MR) is 188 cm³/mol. The molecule has 0 spiro atoms. The largest absolute Gasteiger partial charge is 0.494 e. The summed E-state index contributed by atoms with van der Waals surface area (Å²) in [7, 11) is 5.03. The van der Waals surface area contributed by atoms with Crippen LogP contribution in [0.5, 0.6) is 5.75 Å². The fraction of sp³-hybridized carbons (Fsp3) is 0.359. The summed E-state index contributed by atoms with van der Waals surface area (Å²) in [6.07, 6.45) is 4.69. The Balaban J connectivity index is 1.12. The van der Waals surface area contributed by atoms with E-state index in [0.29, 0.717) is 35.1 Å². The van der Waals surface area contributed by atoms with E-state index in [4.69, 9.17) is 19.4 Å². The number of imidazole rings is 1. The molecule has 3 unspecified atom stereocenters. The van der Waals surface area contributed by atoms with Gasteiger partial charge < -0.3 is 23.5 Å². The summed E-state index contributed by atoms with van der Waals surface area (Å²) in [6, 6.07) is 20.0. The second-order valence-corrected chi connectivity index (χ2v) is 14.1. The lowest BCUT2D eigenvalue weighted by atomic mass is 10.0. The van der Waals surface area contributed by atoms with Crippen molar-refractivity contribution in [2.75, 3.05) is 20.8 Å². The van der Waals surface area contributed by atoms with Crippen molar-refractivity contribution in [2.45, 2.75) is 45.2 Å². The van der Waals surface area contributed by atoms with Crippen LogP contribution in [-0.4, -0.2) is 67.7 Å². The van der Waals surface area contributed by atoms with Gasteiger partial charge in [0.05, 0.1) is 36.6 Å². The molecular formula is C39H38N6O4. The highest BCUT2D eigenvalue weighted by molar-refractivity contribution is 6.00. The molecule has 248 valence electrons. The molecule has 1 saturated heterocycles. The minimum Gasteiger partial charge on any atom is -0.494 e. The standard InChI is InChI=1S/C39H38N6O4/c1-21-26-10-14-32(21)45(20-26)38(46)27-16-31-35(34(18-27)48-3)43(2)37(42-31)33-17-25-9-12-29(41-36(25)44(33)19-22-5-6-22)24-7-11-28-23(15-24)8-13-30(40-28)39(47)49-4/h7-9,11-13,15-18,21-22,26,32H,5-6,10,14,19-20H2,1-4H3. The monoisotopic (exact) mass is 654 g/mol. The molecule has 3 fully saturated rings. The van der Waals surface area contributed by atoms with Crippen molar-refractivity contribution >= 4 is 44.8 Å². The van der Waals surface area contributed by atoms with E-state index in [2.05, 4.69) is 44.1 Å². The molecule has 2 bridgehead atoms. The molecule has 2 aliphatic carbocycles. The molecule has 6 aromatic rings.